The van der Waals surface area contributed by atoms with Gasteiger partial charge in [0.1, 0.15) is 16.5 Å². The fourth-order valence-electron chi connectivity index (χ4n) is 3.08. The van der Waals surface area contributed by atoms with Gasteiger partial charge in [-0.15, -0.1) is 0 Å². The highest BCUT2D eigenvalue weighted by atomic mass is 32.2. The van der Waals surface area contributed by atoms with Crippen molar-refractivity contribution in [1.29, 1.82) is 0 Å². The molecule has 6 nitrogen and oxygen atoms in total. The van der Waals surface area contributed by atoms with Crippen molar-refractivity contribution in [3.8, 4) is 0 Å². The molecular weight excluding hydrogens is 410 g/mol. The molecule has 0 aromatic heterocycles. The minimum atomic E-state index is -4.44. The van der Waals surface area contributed by atoms with E-state index in [0.717, 1.165) is 25.3 Å². The van der Waals surface area contributed by atoms with E-state index in [0.29, 0.717) is 30.8 Å². The van der Waals surface area contributed by atoms with Gasteiger partial charge in [-0.1, -0.05) is 12.5 Å². The van der Waals surface area contributed by atoms with Crippen molar-refractivity contribution < 1.29 is 25.6 Å². The lowest BCUT2D eigenvalue weighted by Crippen LogP contribution is -2.36. The zero-order valence-electron chi connectivity index (χ0n) is 15.2. The van der Waals surface area contributed by atoms with Crippen molar-refractivity contribution in [2.45, 2.75) is 36.0 Å². The zero-order chi connectivity index (χ0) is 20.5. The molecule has 2 aromatic carbocycles. The Balaban J connectivity index is 1.96. The molecule has 0 spiro atoms. The largest absolute Gasteiger partial charge is 0.279 e. The SMILES string of the molecule is Cc1ccc(NS(=O)(=O)c2cc(F)ccc2F)cc1S(=O)(=O)N1CCCCC1. The van der Waals surface area contributed by atoms with Gasteiger partial charge >= 0.3 is 0 Å². The number of piperidine rings is 1. The molecule has 0 bridgehead atoms. The standard InChI is InChI=1S/C18H20F2N2O4S2/c1-13-5-7-15(12-17(13)28(25,26)22-9-3-2-4-10-22)21-27(23,24)18-11-14(19)6-8-16(18)20/h5-8,11-12,21H,2-4,9-10H2,1H3. The van der Waals surface area contributed by atoms with Crippen LogP contribution in [0.4, 0.5) is 14.5 Å². The number of rotatable bonds is 5. The van der Waals surface area contributed by atoms with Crippen molar-refractivity contribution >= 4 is 25.7 Å². The van der Waals surface area contributed by atoms with Crippen LogP contribution >= 0.6 is 0 Å². The van der Waals surface area contributed by atoms with Crippen LogP contribution in [0.15, 0.2) is 46.2 Å². The third-order valence-corrected chi connectivity index (χ3v) is 7.99. The molecule has 1 N–H and O–H groups in total. The quantitative estimate of drug-likeness (QED) is 0.789. The van der Waals surface area contributed by atoms with Crippen LogP contribution < -0.4 is 4.72 Å². The van der Waals surface area contributed by atoms with Crippen molar-refractivity contribution in [1.82, 2.24) is 4.31 Å². The summed E-state index contributed by atoms with van der Waals surface area (Å²) in [4.78, 5) is -0.872. The van der Waals surface area contributed by atoms with E-state index in [2.05, 4.69) is 4.72 Å². The van der Waals surface area contributed by atoms with Crippen molar-refractivity contribution in [3.05, 3.63) is 53.6 Å². The van der Waals surface area contributed by atoms with Crippen LogP contribution in [0.5, 0.6) is 0 Å². The summed E-state index contributed by atoms with van der Waals surface area (Å²) in [5.74, 6) is -2.01. The smallest absolute Gasteiger partial charge is 0.264 e. The molecule has 152 valence electrons. The maximum Gasteiger partial charge on any atom is 0.264 e. The number of aryl methyl sites for hydroxylation is 1. The molecule has 1 fully saturated rings. The van der Waals surface area contributed by atoms with Crippen molar-refractivity contribution in [2.75, 3.05) is 17.8 Å². The Morgan fingerprint density at radius 3 is 2.25 bits per heavy atom. The first-order chi connectivity index (χ1) is 13.1. The number of nitrogens with zero attached hydrogens (tertiary/aromatic N) is 1. The van der Waals surface area contributed by atoms with Crippen LogP contribution in [-0.2, 0) is 20.0 Å². The molecule has 2 aromatic rings. The van der Waals surface area contributed by atoms with Gasteiger partial charge in [0.05, 0.1) is 10.6 Å². The second-order valence-corrected chi connectivity index (χ2v) is 10.2. The molecule has 0 unspecified atom stereocenters. The van der Waals surface area contributed by atoms with Gasteiger partial charge < -0.3 is 0 Å². The Morgan fingerprint density at radius 2 is 1.57 bits per heavy atom. The molecule has 1 aliphatic heterocycles. The second-order valence-electron chi connectivity index (χ2n) is 6.63. The number of hydrogen-bond acceptors (Lipinski definition) is 4. The van der Waals surface area contributed by atoms with Gasteiger partial charge in [0.15, 0.2) is 0 Å². The minimum absolute atomic E-state index is 0.0192. The third kappa shape index (κ3) is 4.18. The number of anilines is 1. The molecule has 0 radical (unpaired) electrons. The summed E-state index contributed by atoms with van der Waals surface area (Å²) in [5, 5.41) is 0. The second kappa shape index (κ2) is 7.76. The van der Waals surface area contributed by atoms with E-state index in [1.165, 1.54) is 22.5 Å². The van der Waals surface area contributed by atoms with Crippen LogP contribution in [0, 0.1) is 18.6 Å². The molecule has 0 aliphatic carbocycles. The summed E-state index contributed by atoms with van der Waals surface area (Å²) in [6.45, 7) is 2.43. The van der Waals surface area contributed by atoms with E-state index >= 15 is 0 Å². The topological polar surface area (TPSA) is 83.5 Å². The molecule has 1 saturated heterocycles. The van der Waals surface area contributed by atoms with Crippen LogP contribution in [0.1, 0.15) is 24.8 Å². The van der Waals surface area contributed by atoms with Crippen molar-refractivity contribution in [3.63, 3.8) is 0 Å². The minimum Gasteiger partial charge on any atom is -0.279 e. The summed E-state index contributed by atoms with van der Waals surface area (Å²) in [6, 6.07) is 6.13. The molecule has 28 heavy (non-hydrogen) atoms. The normalized spacial score (nSPS) is 16.1. The number of halogens is 2. The Hall–Kier alpha value is -2.04. The van der Waals surface area contributed by atoms with Gasteiger partial charge in [0.2, 0.25) is 10.0 Å². The molecule has 10 heteroatoms. The molecular formula is C18H20F2N2O4S2. The molecule has 0 saturated carbocycles. The third-order valence-electron chi connectivity index (χ3n) is 4.56. The highest BCUT2D eigenvalue weighted by Gasteiger charge is 2.28. The highest BCUT2D eigenvalue weighted by Crippen LogP contribution is 2.27. The van der Waals surface area contributed by atoms with E-state index in [1.54, 1.807) is 6.92 Å². The predicted molar refractivity (Wildman–Crippen MR) is 101 cm³/mol. The fraction of sp³-hybridized carbons (Fsp3) is 0.333. The Kier molecular flexibility index (Phi) is 5.74. The average molecular weight is 430 g/mol. The maximum absolute atomic E-state index is 13.9. The van der Waals surface area contributed by atoms with Crippen LogP contribution in [0.25, 0.3) is 0 Å². The van der Waals surface area contributed by atoms with Gasteiger partial charge in [-0.3, -0.25) is 4.72 Å². The molecule has 0 amide bonds. The molecule has 1 aliphatic rings. The summed E-state index contributed by atoms with van der Waals surface area (Å²) in [7, 11) is -8.23. The Labute approximate surface area is 163 Å². The number of benzene rings is 2. The van der Waals surface area contributed by atoms with E-state index in [1.807, 2.05) is 0 Å². The van der Waals surface area contributed by atoms with Gasteiger partial charge in [0, 0.05) is 13.1 Å². The van der Waals surface area contributed by atoms with Crippen LogP contribution in [0.3, 0.4) is 0 Å². The lowest BCUT2D eigenvalue weighted by atomic mass is 10.2. The molecule has 3 rings (SSSR count). The summed E-state index contributed by atoms with van der Waals surface area (Å²) in [6.07, 6.45) is 2.50. The van der Waals surface area contributed by atoms with E-state index in [9.17, 15) is 25.6 Å². The van der Waals surface area contributed by atoms with Crippen LogP contribution in [-0.4, -0.2) is 34.2 Å². The first kappa shape index (κ1) is 20.7. The lowest BCUT2D eigenvalue weighted by molar-refractivity contribution is 0.346. The van der Waals surface area contributed by atoms with Crippen LogP contribution in [0.2, 0.25) is 0 Å². The van der Waals surface area contributed by atoms with Gasteiger partial charge in [-0.2, -0.15) is 4.31 Å². The Morgan fingerprint density at radius 1 is 0.893 bits per heavy atom. The number of hydrogen-bond donors (Lipinski definition) is 1. The molecule has 1 heterocycles. The first-order valence-electron chi connectivity index (χ1n) is 8.70. The summed E-state index contributed by atoms with van der Waals surface area (Å²) in [5.41, 5.74) is 0.412. The predicted octanol–water partition coefficient (Wildman–Crippen LogP) is 3.25. The summed E-state index contributed by atoms with van der Waals surface area (Å²) < 4.78 is 81.5. The first-order valence-corrected chi connectivity index (χ1v) is 11.6. The fourth-order valence-corrected chi connectivity index (χ4v) is 5.99. The maximum atomic E-state index is 13.9. The molecule has 0 atom stereocenters. The number of nitrogens with one attached hydrogen (secondary N) is 1. The summed E-state index contributed by atoms with van der Waals surface area (Å²) >= 11 is 0. The van der Waals surface area contributed by atoms with E-state index in [4.69, 9.17) is 0 Å². The lowest BCUT2D eigenvalue weighted by Gasteiger charge is -2.26. The van der Waals surface area contributed by atoms with E-state index < -0.39 is 36.6 Å². The van der Waals surface area contributed by atoms with Gasteiger partial charge in [-0.25, -0.2) is 25.6 Å². The Bertz CT molecular complexity index is 1100. The average Bonchev–Trinajstić information content (AvgIpc) is 2.65. The number of sulfonamides is 2. The van der Waals surface area contributed by atoms with Crippen molar-refractivity contribution in [2.24, 2.45) is 0 Å². The monoisotopic (exact) mass is 430 g/mol. The zero-order valence-corrected chi connectivity index (χ0v) is 16.8. The highest BCUT2D eigenvalue weighted by molar-refractivity contribution is 7.92. The van der Waals surface area contributed by atoms with E-state index in [-0.39, 0.29) is 10.6 Å². The van der Waals surface area contributed by atoms with Gasteiger partial charge in [0.25, 0.3) is 10.0 Å². The van der Waals surface area contributed by atoms with Gasteiger partial charge in [-0.05, 0) is 55.7 Å².